The van der Waals surface area contributed by atoms with Crippen molar-refractivity contribution in [3.8, 4) is 0 Å². The van der Waals surface area contributed by atoms with Gasteiger partial charge in [0.05, 0.1) is 6.04 Å². The Labute approximate surface area is 91.6 Å². The van der Waals surface area contributed by atoms with Crippen LogP contribution in [-0.4, -0.2) is 61.0 Å². The molecule has 1 unspecified atom stereocenters. The highest BCUT2D eigenvalue weighted by Gasteiger charge is 2.30. The van der Waals surface area contributed by atoms with Gasteiger partial charge in [0.2, 0.25) is 5.91 Å². The van der Waals surface area contributed by atoms with Gasteiger partial charge in [0.15, 0.2) is 0 Å². The molecule has 2 rings (SSSR count). The van der Waals surface area contributed by atoms with Crippen molar-refractivity contribution in [3.63, 3.8) is 0 Å². The lowest BCUT2D eigenvalue weighted by Crippen LogP contribution is -2.55. The summed E-state index contributed by atoms with van der Waals surface area (Å²) in [7, 11) is 2.13. The van der Waals surface area contributed by atoms with E-state index in [-0.39, 0.29) is 6.04 Å². The molecule has 0 aliphatic carbocycles. The van der Waals surface area contributed by atoms with Gasteiger partial charge >= 0.3 is 0 Å². The van der Waals surface area contributed by atoms with Gasteiger partial charge in [0.1, 0.15) is 0 Å². The van der Waals surface area contributed by atoms with Crippen LogP contribution in [0.1, 0.15) is 19.8 Å². The zero-order chi connectivity index (χ0) is 10.8. The minimum atomic E-state index is 0.0978. The number of piperazine rings is 1. The van der Waals surface area contributed by atoms with Gasteiger partial charge in [-0.25, -0.2) is 0 Å². The molecule has 0 spiro atoms. The average Bonchev–Trinajstić information content (AvgIpc) is 2.74. The number of nitrogens with one attached hydrogen (secondary N) is 1. The molecule has 4 nitrogen and oxygen atoms in total. The Balaban J connectivity index is 1.90. The maximum Gasteiger partial charge on any atom is 0.239 e. The minimum Gasteiger partial charge on any atom is -0.339 e. The number of amides is 1. The zero-order valence-electron chi connectivity index (χ0n) is 9.70. The molecule has 1 N–H and O–H groups in total. The third-order valence-corrected chi connectivity index (χ3v) is 3.63. The van der Waals surface area contributed by atoms with E-state index in [1.165, 1.54) is 0 Å². The molecule has 0 aromatic carbocycles. The Morgan fingerprint density at radius 3 is 2.80 bits per heavy atom. The summed E-state index contributed by atoms with van der Waals surface area (Å²) < 4.78 is 0. The molecule has 1 amide bonds. The van der Waals surface area contributed by atoms with E-state index in [9.17, 15) is 4.79 Å². The molecule has 0 saturated carbocycles. The average molecular weight is 211 g/mol. The predicted molar refractivity (Wildman–Crippen MR) is 59.7 cm³/mol. The van der Waals surface area contributed by atoms with Gasteiger partial charge in [0.25, 0.3) is 0 Å². The van der Waals surface area contributed by atoms with Crippen molar-refractivity contribution in [2.24, 2.45) is 0 Å². The monoisotopic (exact) mass is 211 g/mol. The van der Waals surface area contributed by atoms with Crippen LogP contribution in [0.25, 0.3) is 0 Å². The Bertz CT molecular complexity index is 238. The summed E-state index contributed by atoms with van der Waals surface area (Å²) in [6.07, 6.45) is 2.15. The molecule has 2 saturated heterocycles. The number of rotatable bonds is 1. The fourth-order valence-electron chi connectivity index (χ4n) is 2.36. The van der Waals surface area contributed by atoms with Crippen LogP contribution in [-0.2, 0) is 4.79 Å². The van der Waals surface area contributed by atoms with E-state index in [0.29, 0.717) is 11.9 Å². The van der Waals surface area contributed by atoms with Crippen LogP contribution in [0, 0.1) is 0 Å². The summed E-state index contributed by atoms with van der Waals surface area (Å²) in [4.78, 5) is 16.4. The molecule has 2 fully saturated rings. The summed E-state index contributed by atoms with van der Waals surface area (Å²) >= 11 is 0. The molecular formula is C11H21N3O. The molecule has 2 atom stereocenters. The summed E-state index contributed by atoms with van der Waals surface area (Å²) in [5.41, 5.74) is 0. The van der Waals surface area contributed by atoms with Gasteiger partial charge in [0, 0.05) is 25.7 Å². The number of carbonyl (C=O) groups excluding carboxylic acids is 1. The SMILES string of the molecule is CC1CN(C(=O)[C@H]2CCCN2)CCN1C. The summed E-state index contributed by atoms with van der Waals surface area (Å²) in [5, 5.41) is 3.27. The second-order valence-corrected chi connectivity index (χ2v) is 4.76. The number of likely N-dealkylation sites (N-methyl/N-ethyl adjacent to an activating group) is 1. The van der Waals surface area contributed by atoms with Crippen LogP contribution < -0.4 is 5.32 Å². The molecule has 0 aromatic heterocycles. The van der Waals surface area contributed by atoms with Crippen LogP contribution in [0.2, 0.25) is 0 Å². The molecule has 0 bridgehead atoms. The summed E-state index contributed by atoms with van der Waals surface area (Å²) in [6, 6.07) is 0.588. The van der Waals surface area contributed by atoms with Crippen LogP contribution >= 0.6 is 0 Å². The number of nitrogens with zero attached hydrogens (tertiary/aromatic N) is 2. The lowest BCUT2D eigenvalue weighted by Gasteiger charge is -2.38. The highest BCUT2D eigenvalue weighted by atomic mass is 16.2. The predicted octanol–water partition coefficient (Wildman–Crippen LogP) is -0.0991. The van der Waals surface area contributed by atoms with Crippen molar-refractivity contribution in [1.29, 1.82) is 0 Å². The van der Waals surface area contributed by atoms with E-state index in [4.69, 9.17) is 0 Å². The summed E-state index contributed by atoms with van der Waals surface area (Å²) in [6.45, 7) is 5.95. The van der Waals surface area contributed by atoms with Crippen molar-refractivity contribution in [2.45, 2.75) is 31.8 Å². The van der Waals surface area contributed by atoms with Crippen molar-refractivity contribution >= 4 is 5.91 Å². The van der Waals surface area contributed by atoms with Gasteiger partial charge < -0.3 is 15.1 Å². The van der Waals surface area contributed by atoms with Gasteiger partial charge in [-0.1, -0.05) is 0 Å². The molecule has 86 valence electrons. The Hall–Kier alpha value is -0.610. The molecule has 2 heterocycles. The fraction of sp³-hybridized carbons (Fsp3) is 0.909. The first-order chi connectivity index (χ1) is 7.18. The standard InChI is InChI=1S/C11H21N3O/c1-9-8-14(7-6-13(9)2)11(15)10-4-3-5-12-10/h9-10,12H,3-8H2,1-2H3/t9?,10-/m1/s1. The largest absolute Gasteiger partial charge is 0.339 e. The Morgan fingerprint density at radius 2 is 2.20 bits per heavy atom. The van der Waals surface area contributed by atoms with Crippen LogP contribution in [0.3, 0.4) is 0 Å². The molecular weight excluding hydrogens is 190 g/mol. The van der Waals surface area contributed by atoms with E-state index in [1.807, 2.05) is 4.90 Å². The maximum absolute atomic E-state index is 12.1. The van der Waals surface area contributed by atoms with Gasteiger partial charge in [-0.05, 0) is 33.4 Å². The van der Waals surface area contributed by atoms with Crippen molar-refractivity contribution in [3.05, 3.63) is 0 Å². The fourth-order valence-corrected chi connectivity index (χ4v) is 2.36. The third-order valence-electron chi connectivity index (χ3n) is 3.63. The van der Waals surface area contributed by atoms with Crippen LogP contribution in [0.4, 0.5) is 0 Å². The van der Waals surface area contributed by atoms with Gasteiger partial charge in [-0.15, -0.1) is 0 Å². The molecule has 2 aliphatic rings. The first-order valence-corrected chi connectivity index (χ1v) is 5.91. The second-order valence-electron chi connectivity index (χ2n) is 4.76. The molecule has 0 aromatic rings. The van der Waals surface area contributed by atoms with Crippen LogP contribution in [0.5, 0.6) is 0 Å². The first kappa shape index (κ1) is 10.9. The van der Waals surface area contributed by atoms with Crippen molar-refractivity contribution < 1.29 is 4.79 Å². The van der Waals surface area contributed by atoms with Crippen molar-refractivity contribution in [2.75, 3.05) is 33.2 Å². The minimum absolute atomic E-state index is 0.0978. The first-order valence-electron chi connectivity index (χ1n) is 5.91. The number of carbonyl (C=O) groups is 1. The summed E-state index contributed by atoms with van der Waals surface area (Å²) in [5.74, 6) is 0.312. The molecule has 4 heteroatoms. The van der Waals surface area contributed by atoms with E-state index < -0.39 is 0 Å². The van der Waals surface area contributed by atoms with E-state index >= 15 is 0 Å². The number of hydrogen-bond acceptors (Lipinski definition) is 3. The van der Waals surface area contributed by atoms with E-state index in [1.54, 1.807) is 0 Å². The van der Waals surface area contributed by atoms with Gasteiger partial charge in [-0.3, -0.25) is 4.79 Å². The maximum atomic E-state index is 12.1. The number of hydrogen-bond donors (Lipinski definition) is 1. The Kier molecular flexibility index (Phi) is 3.26. The molecule has 15 heavy (non-hydrogen) atoms. The van der Waals surface area contributed by atoms with Crippen LogP contribution in [0.15, 0.2) is 0 Å². The zero-order valence-corrected chi connectivity index (χ0v) is 9.70. The van der Waals surface area contributed by atoms with E-state index in [2.05, 4.69) is 24.2 Å². The second kappa shape index (κ2) is 4.49. The molecule has 2 aliphatic heterocycles. The van der Waals surface area contributed by atoms with E-state index in [0.717, 1.165) is 39.0 Å². The normalized spacial score (nSPS) is 33.3. The lowest BCUT2D eigenvalue weighted by atomic mass is 10.1. The highest BCUT2D eigenvalue weighted by molar-refractivity contribution is 5.82. The quantitative estimate of drug-likeness (QED) is 0.658. The lowest BCUT2D eigenvalue weighted by molar-refractivity contribution is -0.135. The third kappa shape index (κ3) is 2.32. The van der Waals surface area contributed by atoms with Crippen molar-refractivity contribution in [1.82, 2.24) is 15.1 Å². The molecule has 0 radical (unpaired) electrons. The topological polar surface area (TPSA) is 35.6 Å². The highest BCUT2D eigenvalue weighted by Crippen LogP contribution is 2.12. The smallest absolute Gasteiger partial charge is 0.239 e. The Morgan fingerprint density at radius 1 is 1.40 bits per heavy atom. The van der Waals surface area contributed by atoms with Gasteiger partial charge in [-0.2, -0.15) is 0 Å².